The van der Waals surface area contributed by atoms with Crippen LogP contribution in [0.2, 0.25) is 0 Å². The maximum atomic E-state index is 9.10. The Morgan fingerprint density at radius 3 is 2.58 bits per heavy atom. The third-order valence-corrected chi connectivity index (χ3v) is 5.04. The number of ether oxygens (including phenoxy) is 1. The minimum absolute atomic E-state index is 0.839. The predicted octanol–water partition coefficient (Wildman–Crippen LogP) is 2.96. The van der Waals surface area contributed by atoms with Gasteiger partial charge in [-0.2, -0.15) is 0 Å². The first-order valence-electron chi connectivity index (χ1n) is 8.68. The molecule has 6 nitrogen and oxygen atoms in total. The van der Waals surface area contributed by atoms with Crippen molar-refractivity contribution in [3.63, 3.8) is 0 Å². The standard InChI is InChI=1S/C17H23NOS.C2H2O4/c1-14-12-18(13-14)7-2-8-19-9-5-15-3-4-17-16(11-15)6-10-20-17;3-1(4)2(5)6/h3-4,6,10-11,14H,2,5,7-9,12-13H2,1H3;(H,3,4)(H,5,6). The lowest BCUT2D eigenvalue weighted by atomic mass is 10.0. The second-order valence-corrected chi connectivity index (χ2v) is 7.43. The molecule has 0 amide bonds. The van der Waals surface area contributed by atoms with Crippen LogP contribution < -0.4 is 0 Å². The van der Waals surface area contributed by atoms with Gasteiger partial charge in [-0.25, -0.2) is 9.59 Å². The minimum atomic E-state index is -1.82. The Morgan fingerprint density at radius 1 is 1.19 bits per heavy atom. The number of thiophene rings is 1. The summed E-state index contributed by atoms with van der Waals surface area (Å²) in [4.78, 5) is 20.7. The molecule has 0 spiro atoms. The molecule has 3 rings (SSSR count). The average molecular weight is 379 g/mol. The fourth-order valence-corrected chi connectivity index (χ4v) is 3.64. The van der Waals surface area contributed by atoms with Crippen LogP contribution in [0.3, 0.4) is 0 Å². The van der Waals surface area contributed by atoms with Gasteiger partial charge in [0.25, 0.3) is 0 Å². The van der Waals surface area contributed by atoms with Gasteiger partial charge < -0.3 is 19.8 Å². The molecule has 1 aliphatic heterocycles. The van der Waals surface area contributed by atoms with Gasteiger partial charge in [-0.3, -0.25) is 0 Å². The fraction of sp³-hybridized carbons (Fsp3) is 0.474. The number of nitrogens with zero attached hydrogens (tertiary/aromatic N) is 1. The van der Waals surface area contributed by atoms with Crippen molar-refractivity contribution >= 4 is 33.4 Å². The van der Waals surface area contributed by atoms with Crippen LogP contribution in [-0.4, -0.2) is 59.9 Å². The van der Waals surface area contributed by atoms with Gasteiger partial charge in [0.1, 0.15) is 0 Å². The van der Waals surface area contributed by atoms with Crippen molar-refractivity contribution in [3.05, 3.63) is 35.2 Å². The van der Waals surface area contributed by atoms with Crippen molar-refractivity contribution in [1.82, 2.24) is 4.90 Å². The molecular formula is C19H25NO5S. The molecule has 0 radical (unpaired) electrons. The fourth-order valence-electron chi connectivity index (χ4n) is 2.86. The Labute approximate surface area is 157 Å². The van der Waals surface area contributed by atoms with E-state index in [-0.39, 0.29) is 0 Å². The molecule has 0 atom stereocenters. The summed E-state index contributed by atoms with van der Waals surface area (Å²) in [6, 6.07) is 8.93. The first-order chi connectivity index (χ1) is 12.5. The van der Waals surface area contributed by atoms with Crippen molar-refractivity contribution in [3.8, 4) is 0 Å². The van der Waals surface area contributed by atoms with E-state index < -0.39 is 11.9 Å². The van der Waals surface area contributed by atoms with E-state index in [0.29, 0.717) is 0 Å². The van der Waals surface area contributed by atoms with Crippen LogP contribution in [0.15, 0.2) is 29.6 Å². The molecule has 26 heavy (non-hydrogen) atoms. The van der Waals surface area contributed by atoms with Crippen LogP contribution in [0.4, 0.5) is 0 Å². The molecule has 0 aliphatic carbocycles. The second kappa shape index (κ2) is 10.3. The van der Waals surface area contributed by atoms with Crippen LogP contribution in [-0.2, 0) is 20.7 Å². The lowest BCUT2D eigenvalue weighted by Gasteiger charge is -2.37. The summed E-state index contributed by atoms with van der Waals surface area (Å²) in [5, 5.41) is 18.3. The number of carbonyl (C=O) groups is 2. The molecule has 2 N–H and O–H groups in total. The van der Waals surface area contributed by atoms with Gasteiger partial charge in [-0.05, 0) is 47.2 Å². The van der Waals surface area contributed by atoms with E-state index in [1.54, 1.807) is 11.3 Å². The Morgan fingerprint density at radius 2 is 1.92 bits per heavy atom. The number of carboxylic acid groups (broad SMARTS) is 2. The predicted molar refractivity (Wildman–Crippen MR) is 102 cm³/mol. The van der Waals surface area contributed by atoms with Crippen molar-refractivity contribution in [1.29, 1.82) is 0 Å². The summed E-state index contributed by atoms with van der Waals surface area (Å²) < 4.78 is 7.13. The largest absolute Gasteiger partial charge is 0.473 e. The van der Waals surface area contributed by atoms with E-state index in [4.69, 9.17) is 24.5 Å². The number of hydrogen-bond acceptors (Lipinski definition) is 5. The number of likely N-dealkylation sites (tertiary alicyclic amines) is 1. The zero-order valence-corrected chi connectivity index (χ0v) is 15.7. The first kappa shape index (κ1) is 20.4. The van der Waals surface area contributed by atoms with Crippen molar-refractivity contribution < 1.29 is 24.5 Å². The van der Waals surface area contributed by atoms with E-state index >= 15 is 0 Å². The molecule has 2 aromatic rings. The third kappa shape index (κ3) is 6.74. The summed E-state index contributed by atoms with van der Waals surface area (Å²) in [6.45, 7) is 7.81. The number of carboxylic acids is 2. The molecular weight excluding hydrogens is 354 g/mol. The van der Waals surface area contributed by atoms with E-state index in [2.05, 4.69) is 41.5 Å². The Kier molecular flexibility index (Phi) is 8.03. The maximum absolute atomic E-state index is 9.10. The second-order valence-electron chi connectivity index (χ2n) is 6.48. The Hall–Kier alpha value is -1.96. The van der Waals surface area contributed by atoms with Crippen LogP contribution >= 0.6 is 11.3 Å². The summed E-state index contributed by atoms with van der Waals surface area (Å²) in [6.07, 6.45) is 2.18. The smallest absolute Gasteiger partial charge is 0.414 e. The summed E-state index contributed by atoms with van der Waals surface area (Å²) in [5.74, 6) is -2.74. The number of rotatable bonds is 7. The molecule has 0 bridgehead atoms. The topological polar surface area (TPSA) is 87.1 Å². The highest BCUT2D eigenvalue weighted by atomic mass is 32.1. The molecule has 1 aliphatic rings. The van der Waals surface area contributed by atoms with Crippen LogP contribution in [0.5, 0.6) is 0 Å². The highest BCUT2D eigenvalue weighted by molar-refractivity contribution is 7.17. The van der Waals surface area contributed by atoms with Crippen LogP contribution in [0.25, 0.3) is 10.1 Å². The number of hydrogen-bond donors (Lipinski definition) is 2. The minimum Gasteiger partial charge on any atom is -0.473 e. The van der Waals surface area contributed by atoms with Crippen molar-refractivity contribution in [2.75, 3.05) is 32.8 Å². The maximum Gasteiger partial charge on any atom is 0.414 e. The van der Waals surface area contributed by atoms with Crippen molar-refractivity contribution in [2.45, 2.75) is 19.8 Å². The van der Waals surface area contributed by atoms with E-state index in [1.807, 2.05) is 0 Å². The summed E-state index contributed by atoms with van der Waals surface area (Å²) >= 11 is 1.81. The molecule has 2 heterocycles. The zero-order chi connectivity index (χ0) is 18.9. The lowest BCUT2D eigenvalue weighted by molar-refractivity contribution is -0.159. The molecule has 1 fully saturated rings. The molecule has 0 unspecified atom stereocenters. The van der Waals surface area contributed by atoms with Crippen LogP contribution in [0, 0.1) is 5.92 Å². The quantitative estimate of drug-likeness (QED) is 0.568. The first-order valence-corrected chi connectivity index (χ1v) is 9.56. The van der Waals surface area contributed by atoms with Gasteiger partial charge in [-0.1, -0.05) is 19.1 Å². The number of benzene rings is 1. The normalized spacial score (nSPS) is 14.5. The van der Waals surface area contributed by atoms with E-state index in [9.17, 15) is 0 Å². The molecule has 142 valence electrons. The molecule has 1 aromatic heterocycles. The Bertz CT molecular complexity index is 712. The molecule has 0 saturated carbocycles. The summed E-state index contributed by atoms with van der Waals surface area (Å²) in [7, 11) is 0. The molecule has 1 aromatic carbocycles. The summed E-state index contributed by atoms with van der Waals surface area (Å²) in [5.41, 5.74) is 1.38. The SMILES string of the molecule is CC1CN(CCCOCCc2ccc3sccc3c2)C1.O=C(O)C(=O)O. The monoisotopic (exact) mass is 379 g/mol. The number of aliphatic carboxylic acids is 2. The molecule has 7 heteroatoms. The van der Waals surface area contributed by atoms with Gasteiger partial charge in [0.2, 0.25) is 0 Å². The van der Waals surface area contributed by atoms with E-state index in [1.165, 1.54) is 35.3 Å². The van der Waals surface area contributed by atoms with E-state index in [0.717, 1.165) is 32.0 Å². The van der Waals surface area contributed by atoms with Gasteiger partial charge in [0, 0.05) is 30.9 Å². The highest BCUT2D eigenvalue weighted by Gasteiger charge is 2.20. The molecule has 1 saturated heterocycles. The van der Waals surface area contributed by atoms with Crippen molar-refractivity contribution in [2.24, 2.45) is 5.92 Å². The van der Waals surface area contributed by atoms with Crippen LogP contribution in [0.1, 0.15) is 18.9 Å². The highest BCUT2D eigenvalue weighted by Crippen LogP contribution is 2.21. The number of fused-ring (bicyclic) bond motifs is 1. The Balaban J connectivity index is 0.000000352. The van der Waals surface area contributed by atoms with Gasteiger partial charge in [0.05, 0.1) is 6.61 Å². The lowest BCUT2D eigenvalue weighted by Crippen LogP contribution is -2.45. The van der Waals surface area contributed by atoms with Gasteiger partial charge >= 0.3 is 11.9 Å². The zero-order valence-electron chi connectivity index (χ0n) is 14.9. The van der Waals surface area contributed by atoms with Gasteiger partial charge in [0.15, 0.2) is 0 Å². The average Bonchev–Trinajstić information content (AvgIpc) is 3.04. The van der Waals surface area contributed by atoms with Gasteiger partial charge in [-0.15, -0.1) is 11.3 Å². The third-order valence-electron chi connectivity index (χ3n) is 4.14.